The van der Waals surface area contributed by atoms with Crippen molar-refractivity contribution in [3.05, 3.63) is 64.2 Å². The Hall–Kier alpha value is -3.03. The third-order valence-corrected chi connectivity index (χ3v) is 6.21. The zero-order valence-electron chi connectivity index (χ0n) is 18.5. The third-order valence-electron chi connectivity index (χ3n) is 5.88. The van der Waals surface area contributed by atoms with Crippen molar-refractivity contribution in [2.24, 2.45) is 0 Å². The summed E-state index contributed by atoms with van der Waals surface area (Å²) in [6.45, 7) is 3.14. The van der Waals surface area contributed by atoms with Crippen LogP contribution in [0.5, 0.6) is 11.5 Å². The molecule has 2 aromatic carbocycles. The Morgan fingerprint density at radius 3 is 2.73 bits per heavy atom. The van der Waals surface area contributed by atoms with E-state index in [0.717, 1.165) is 12.8 Å². The van der Waals surface area contributed by atoms with Crippen LogP contribution in [0, 0.1) is 0 Å². The van der Waals surface area contributed by atoms with Crippen LogP contribution in [0.2, 0.25) is 5.02 Å². The quantitative estimate of drug-likeness (QED) is 0.367. The monoisotopic (exact) mass is 471 g/mol. The molecule has 2 aliphatic rings. The molecule has 0 aliphatic carbocycles. The van der Waals surface area contributed by atoms with Gasteiger partial charge in [-0.15, -0.1) is 0 Å². The Bertz CT molecular complexity index is 1090. The van der Waals surface area contributed by atoms with Gasteiger partial charge in [0.25, 0.3) is 11.7 Å². The van der Waals surface area contributed by atoms with E-state index < -0.39 is 17.7 Å². The smallest absolute Gasteiger partial charge is 0.295 e. The average Bonchev–Trinajstić information content (AvgIpc) is 3.42. The number of carbonyl (C=O) groups excluding carboxylic acids is 2. The number of hydrogen-bond donors (Lipinski definition) is 1. The molecule has 33 heavy (non-hydrogen) atoms. The second-order valence-corrected chi connectivity index (χ2v) is 8.34. The zero-order chi connectivity index (χ0) is 23.5. The number of aliphatic hydroxyl groups is 1. The Morgan fingerprint density at radius 2 is 2.03 bits per heavy atom. The third kappa shape index (κ3) is 4.56. The van der Waals surface area contributed by atoms with Crippen molar-refractivity contribution in [1.29, 1.82) is 0 Å². The van der Waals surface area contributed by atoms with E-state index in [1.54, 1.807) is 49.6 Å². The van der Waals surface area contributed by atoms with Crippen LogP contribution in [-0.4, -0.2) is 54.7 Å². The molecule has 1 amide bonds. The van der Waals surface area contributed by atoms with Gasteiger partial charge in [0.05, 0.1) is 36.5 Å². The van der Waals surface area contributed by atoms with Crippen LogP contribution in [0.1, 0.15) is 36.9 Å². The molecule has 1 N–H and O–H groups in total. The van der Waals surface area contributed by atoms with Gasteiger partial charge in [0, 0.05) is 18.7 Å². The Labute approximate surface area is 197 Å². The van der Waals surface area contributed by atoms with Crippen molar-refractivity contribution in [2.45, 2.75) is 31.9 Å². The first kappa shape index (κ1) is 23.1. The van der Waals surface area contributed by atoms with E-state index in [0.29, 0.717) is 30.3 Å². The van der Waals surface area contributed by atoms with Crippen molar-refractivity contribution in [3.8, 4) is 11.5 Å². The van der Waals surface area contributed by atoms with Gasteiger partial charge >= 0.3 is 0 Å². The number of ketones is 1. The van der Waals surface area contributed by atoms with Gasteiger partial charge in [-0.25, -0.2) is 0 Å². The minimum atomic E-state index is -0.809. The highest BCUT2D eigenvalue weighted by molar-refractivity contribution is 6.47. The molecule has 8 heteroatoms. The number of likely N-dealkylation sites (tertiary alicyclic amines) is 1. The summed E-state index contributed by atoms with van der Waals surface area (Å²) in [5.74, 6) is -0.725. The molecule has 0 saturated carbocycles. The highest BCUT2D eigenvalue weighted by atomic mass is 35.5. The number of ether oxygens (including phenoxy) is 3. The first-order chi connectivity index (χ1) is 15.9. The molecule has 0 bridgehead atoms. The molecule has 2 aliphatic heterocycles. The SMILES string of the molecule is CCOc1ccc(Cl)c(/C(O)=C2\C(=O)C(=O)N(CC3CCCO3)C2c2cccc(OC)c2)c1. The van der Waals surface area contributed by atoms with Crippen LogP contribution in [0.25, 0.3) is 5.76 Å². The molecule has 174 valence electrons. The summed E-state index contributed by atoms with van der Waals surface area (Å²) in [6, 6.07) is 11.1. The largest absolute Gasteiger partial charge is 0.507 e. The Kier molecular flexibility index (Phi) is 6.91. The number of methoxy groups -OCH3 is 1. The lowest BCUT2D eigenvalue weighted by molar-refractivity contribution is -0.140. The highest BCUT2D eigenvalue weighted by Gasteiger charge is 2.47. The summed E-state index contributed by atoms with van der Waals surface area (Å²) in [5.41, 5.74) is 0.845. The number of amides is 1. The first-order valence-electron chi connectivity index (χ1n) is 10.9. The molecule has 0 radical (unpaired) electrons. The minimum absolute atomic E-state index is 0.0261. The van der Waals surface area contributed by atoms with Crippen LogP contribution in [0.4, 0.5) is 0 Å². The van der Waals surface area contributed by atoms with Crippen LogP contribution in [0.3, 0.4) is 0 Å². The fourth-order valence-corrected chi connectivity index (χ4v) is 4.53. The maximum Gasteiger partial charge on any atom is 0.295 e. The van der Waals surface area contributed by atoms with Crippen LogP contribution < -0.4 is 9.47 Å². The molecule has 4 rings (SSSR count). The summed E-state index contributed by atoms with van der Waals surface area (Å²) >= 11 is 6.37. The summed E-state index contributed by atoms with van der Waals surface area (Å²) in [6.07, 6.45) is 1.54. The Balaban J connectivity index is 1.86. The van der Waals surface area contributed by atoms with Gasteiger partial charge in [-0.2, -0.15) is 0 Å². The number of benzene rings is 2. The van der Waals surface area contributed by atoms with E-state index in [4.69, 9.17) is 25.8 Å². The fourth-order valence-electron chi connectivity index (χ4n) is 4.32. The van der Waals surface area contributed by atoms with Gasteiger partial charge in [0.2, 0.25) is 0 Å². The van der Waals surface area contributed by atoms with E-state index in [-0.39, 0.29) is 34.6 Å². The molecule has 2 atom stereocenters. The molecule has 2 fully saturated rings. The summed E-state index contributed by atoms with van der Waals surface area (Å²) in [5, 5.41) is 11.5. The lowest BCUT2D eigenvalue weighted by Gasteiger charge is -2.27. The molecule has 0 spiro atoms. The second kappa shape index (κ2) is 9.85. The normalized spacial score (nSPS) is 22.1. The van der Waals surface area contributed by atoms with Gasteiger partial charge < -0.3 is 24.2 Å². The van der Waals surface area contributed by atoms with E-state index in [1.165, 1.54) is 4.90 Å². The van der Waals surface area contributed by atoms with Crippen molar-refractivity contribution in [2.75, 3.05) is 26.9 Å². The lowest BCUT2D eigenvalue weighted by Crippen LogP contribution is -2.36. The number of Topliss-reactive ketones (excluding diaryl/α,β-unsaturated/α-hetero) is 1. The van der Waals surface area contributed by atoms with Crippen LogP contribution in [-0.2, 0) is 14.3 Å². The molecule has 2 aromatic rings. The number of rotatable bonds is 7. The van der Waals surface area contributed by atoms with Crippen molar-refractivity contribution in [1.82, 2.24) is 4.90 Å². The average molecular weight is 472 g/mol. The lowest BCUT2D eigenvalue weighted by atomic mass is 9.95. The number of aliphatic hydroxyl groups excluding tert-OH is 1. The number of halogens is 1. The van der Waals surface area contributed by atoms with E-state index in [9.17, 15) is 14.7 Å². The van der Waals surface area contributed by atoms with E-state index in [1.807, 2.05) is 6.92 Å². The molecular formula is C25H26ClNO6. The number of hydrogen-bond acceptors (Lipinski definition) is 6. The van der Waals surface area contributed by atoms with Crippen molar-refractivity contribution in [3.63, 3.8) is 0 Å². The highest BCUT2D eigenvalue weighted by Crippen LogP contribution is 2.42. The van der Waals surface area contributed by atoms with E-state index >= 15 is 0 Å². The molecule has 2 heterocycles. The molecule has 0 aromatic heterocycles. The zero-order valence-corrected chi connectivity index (χ0v) is 19.3. The van der Waals surface area contributed by atoms with Gasteiger partial charge in [0.1, 0.15) is 17.3 Å². The predicted octanol–water partition coefficient (Wildman–Crippen LogP) is 4.35. The molecule has 7 nitrogen and oxygen atoms in total. The van der Waals surface area contributed by atoms with Crippen molar-refractivity contribution >= 4 is 29.1 Å². The van der Waals surface area contributed by atoms with E-state index in [2.05, 4.69) is 0 Å². The first-order valence-corrected chi connectivity index (χ1v) is 11.3. The summed E-state index contributed by atoms with van der Waals surface area (Å²) in [7, 11) is 1.54. The van der Waals surface area contributed by atoms with Crippen LogP contribution in [0.15, 0.2) is 48.0 Å². The Morgan fingerprint density at radius 1 is 1.21 bits per heavy atom. The van der Waals surface area contributed by atoms with Gasteiger partial charge in [-0.05, 0) is 55.7 Å². The summed E-state index contributed by atoms with van der Waals surface area (Å²) < 4.78 is 16.6. The molecule has 2 saturated heterocycles. The standard InChI is InChI=1S/C25H26ClNO6/c1-3-32-17-9-10-20(26)19(13-17)23(28)21-22(15-6-4-7-16(12-15)31-2)27(25(30)24(21)29)14-18-8-5-11-33-18/h4,6-7,9-10,12-13,18,22,28H,3,5,8,11,14H2,1-2H3/b23-21+. The fraction of sp³-hybridized carbons (Fsp3) is 0.360. The maximum atomic E-state index is 13.2. The predicted molar refractivity (Wildman–Crippen MR) is 124 cm³/mol. The molecule has 2 unspecified atom stereocenters. The number of nitrogens with zero attached hydrogens (tertiary/aromatic N) is 1. The second-order valence-electron chi connectivity index (χ2n) is 7.94. The molecular weight excluding hydrogens is 446 g/mol. The summed E-state index contributed by atoms with van der Waals surface area (Å²) in [4.78, 5) is 27.8. The van der Waals surface area contributed by atoms with Gasteiger partial charge in [0.15, 0.2) is 0 Å². The van der Waals surface area contributed by atoms with Crippen LogP contribution >= 0.6 is 11.6 Å². The van der Waals surface area contributed by atoms with Gasteiger partial charge in [-0.3, -0.25) is 9.59 Å². The van der Waals surface area contributed by atoms with Crippen molar-refractivity contribution < 1.29 is 28.9 Å². The minimum Gasteiger partial charge on any atom is -0.507 e. The van der Waals surface area contributed by atoms with Gasteiger partial charge in [-0.1, -0.05) is 23.7 Å². The topological polar surface area (TPSA) is 85.3 Å². The number of carbonyl (C=O) groups is 2. The maximum absolute atomic E-state index is 13.2.